The summed E-state index contributed by atoms with van der Waals surface area (Å²) < 4.78 is 16.2. The Hall–Kier alpha value is -1.99. The van der Waals surface area contributed by atoms with Gasteiger partial charge in [-0.1, -0.05) is 30.0 Å². The van der Waals surface area contributed by atoms with Crippen LogP contribution in [0.25, 0.3) is 6.08 Å². The van der Waals surface area contributed by atoms with Gasteiger partial charge >= 0.3 is 0 Å². The fraction of sp³-hybridized carbons (Fsp3) is 0.444. The van der Waals surface area contributed by atoms with Crippen molar-refractivity contribution in [3.63, 3.8) is 0 Å². The van der Waals surface area contributed by atoms with Gasteiger partial charge in [0.2, 0.25) is 0 Å². The second-order valence-corrected chi connectivity index (χ2v) is 6.59. The van der Waals surface area contributed by atoms with E-state index in [2.05, 4.69) is 0 Å². The molecule has 1 aliphatic heterocycles. The van der Waals surface area contributed by atoms with Gasteiger partial charge in [-0.15, -0.1) is 0 Å². The van der Waals surface area contributed by atoms with Crippen LogP contribution >= 0.6 is 11.8 Å². The number of nitrogens with zero attached hydrogens (tertiary/aromatic N) is 1. The lowest BCUT2D eigenvalue weighted by Crippen LogP contribution is -2.43. The van der Waals surface area contributed by atoms with Crippen molar-refractivity contribution in [2.75, 3.05) is 45.8 Å². The average Bonchev–Trinajstić information content (AvgIpc) is 2.64. The molecule has 0 aromatic heterocycles. The van der Waals surface area contributed by atoms with Crippen molar-refractivity contribution in [2.24, 2.45) is 0 Å². The summed E-state index contributed by atoms with van der Waals surface area (Å²) in [4.78, 5) is 24.8. The molecule has 0 radical (unpaired) electrons. The minimum Gasteiger partial charge on any atom is -0.493 e. The minimum absolute atomic E-state index is 0.0270. The third-order valence-electron chi connectivity index (χ3n) is 3.60. The number of morpholine rings is 1. The lowest BCUT2D eigenvalue weighted by Gasteiger charge is -2.26. The van der Waals surface area contributed by atoms with Crippen molar-refractivity contribution in [3.8, 4) is 11.5 Å². The Morgan fingerprint density at radius 1 is 1.28 bits per heavy atom. The molecule has 0 N–H and O–H groups in total. The highest BCUT2D eigenvalue weighted by Gasteiger charge is 2.17. The Morgan fingerprint density at radius 2 is 2.04 bits per heavy atom. The first-order valence-corrected chi connectivity index (χ1v) is 9.05. The quantitative estimate of drug-likeness (QED) is 0.738. The molecule has 1 aromatic carbocycles. The predicted molar refractivity (Wildman–Crippen MR) is 98.1 cm³/mol. The van der Waals surface area contributed by atoms with Gasteiger partial charge in [0.25, 0.3) is 5.91 Å². The zero-order valence-corrected chi connectivity index (χ0v) is 15.3. The van der Waals surface area contributed by atoms with Gasteiger partial charge in [-0.05, 0) is 17.7 Å². The number of methoxy groups -OCH3 is 1. The van der Waals surface area contributed by atoms with Crippen molar-refractivity contribution >= 4 is 28.9 Å². The molecule has 0 atom stereocenters. The standard InChI is InChI=1S/C18H23NO5S/c1-14(20)25-11-3-4-15-5-6-16(17(12-15)22-2)24-13-18(21)19-7-9-23-10-8-19/h3-6,12H,7-11,13H2,1-2H3. The summed E-state index contributed by atoms with van der Waals surface area (Å²) in [5, 5.41) is 0.0934. The topological polar surface area (TPSA) is 65.1 Å². The van der Waals surface area contributed by atoms with Crippen LogP contribution in [0.4, 0.5) is 0 Å². The Balaban J connectivity index is 1.91. The average molecular weight is 365 g/mol. The molecule has 6 nitrogen and oxygen atoms in total. The number of hydrogen-bond donors (Lipinski definition) is 0. The predicted octanol–water partition coefficient (Wildman–Crippen LogP) is 2.23. The highest BCUT2D eigenvalue weighted by Crippen LogP contribution is 2.28. The zero-order chi connectivity index (χ0) is 18.1. The van der Waals surface area contributed by atoms with Crippen molar-refractivity contribution < 1.29 is 23.8 Å². The highest BCUT2D eigenvalue weighted by atomic mass is 32.2. The van der Waals surface area contributed by atoms with Gasteiger partial charge in [0.15, 0.2) is 23.2 Å². The summed E-state index contributed by atoms with van der Waals surface area (Å²) in [7, 11) is 1.56. The molecule has 1 aliphatic rings. The maximum atomic E-state index is 12.1. The van der Waals surface area contributed by atoms with Crippen molar-refractivity contribution in [1.29, 1.82) is 0 Å². The number of carbonyl (C=O) groups excluding carboxylic acids is 2. The van der Waals surface area contributed by atoms with Gasteiger partial charge in [-0.3, -0.25) is 9.59 Å². The summed E-state index contributed by atoms with van der Waals surface area (Å²) in [6, 6.07) is 5.50. The maximum absolute atomic E-state index is 12.1. The number of hydrogen-bond acceptors (Lipinski definition) is 6. The van der Waals surface area contributed by atoms with Crippen LogP contribution in [-0.4, -0.2) is 61.7 Å². The van der Waals surface area contributed by atoms with Crippen molar-refractivity contribution in [1.82, 2.24) is 4.90 Å². The third kappa shape index (κ3) is 6.43. The zero-order valence-electron chi connectivity index (χ0n) is 14.5. The van der Waals surface area contributed by atoms with E-state index in [0.717, 1.165) is 5.56 Å². The number of benzene rings is 1. The van der Waals surface area contributed by atoms with E-state index >= 15 is 0 Å². The molecule has 25 heavy (non-hydrogen) atoms. The summed E-state index contributed by atoms with van der Waals surface area (Å²) in [6.45, 7) is 3.85. The molecule has 1 fully saturated rings. The minimum atomic E-state index is -0.0596. The smallest absolute Gasteiger partial charge is 0.260 e. The molecule has 1 heterocycles. The van der Waals surface area contributed by atoms with Crippen LogP contribution in [0.5, 0.6) is 11.5 Å². The largest absolute Gasteiger partial charge is 0.493 e. The lowest BCUT2D eigenvalue weighted by atomic mass is 10.2. The molecule has 1 amide bonds. The molecule has 0 unspecified atom stereocenters. The van der Waals surface area contributed by atoms with Gasteiger partial charge in [-0.2, -0.15) is 0 Å². The first-order chi connectivity index (χ1) is 12.1. The Bertz CT molecular complexity index is 626. The fourth-order valence-electron chi connectivity index (χ4n) is 2.30. The summed E-state index contributed by atoms with van der Waals surface area (Å²) in [6.07, 6.45) is 3.84. The van der Waals surface area contributed by atoms with E-state index in [1.54, 1.807) is 25.0 Å². The van der Waals surface area contributed by atoms with E-state index in [9.17, 15) is 9.59 Å². The van der Waals surface area contributed by atoms with Crippen LogP contribution < -0.4 is 9.47 Å². The van der Waals surface area contributed by atoms with E-state index in [0.29, 0.717) is 43.6 Å². The summed E-state index contributed by atoms with van der Waals surface area (Å²) in [5.74, 6) is 1.66. The maximum Gasteiger partial charge on any atom is 0.260 e. The Labute approximate surface area is 152 Å². The van der Waals surface area contributed by atoms with Crippen LogP contribution in [0.2, 0.25) is 0 Å². The summed E-state index contributed by atoms with van der Waals surface area (Å²) in [5.41, 5.74) is 0.938. The fourth-order valence-corrected chi connectivity index (χ4v) is 2.73. The van der Waals surface area contributed by atoms with E-state index in [4.69, 9.17) is 14.2 Å². The molecule has 1 saturated heterocycles. The molecule has 136 valence electrons. The second-order valence-electron chi connectivity index (χ2n) is 5.40. The van der Waals surface area contributed by atoms with Crippen LogP contribution in [0.1, 0.15) is 12.5 Å². The molecular weight excluding hydrogens is 342 g/mol. The van der Waals surface area contributed by atoms with Gasteiger partial charge in [0.1, 0.15) is 0 Å². The second kappa shape index (κ2) is 10.1. The first-order valence-electron chi connectivity index (χ1n) is 8.06. The van der Waals surface area contributed by atoms with E-state index in [1.165, 1.54) is 11.8 Å². The molecule has 2 rings (SSSR count). The first kappa shape index (κ1) is 19.3. The van der Waals surface area contributed by atoms with Gasteiger partial charge < -0.3 is 19.1 Å². The summed E-state index contributed by atoms with van der Waals surface area (Å²) >= 11 is 1.26. The van der Waals surface area contributed by atoms with Crippen LogP contribution in [0.3, 0.4) is 0 Å². The van der Waals surface area contributed by atoms with Crippen LogP contribution in [0.15, 0.2) is 24.3 Å². The van der Waals surface area contributed by atoms with E-state index in [-0.39, 0.29) is 17.6 Å². The SMILES string of the molecule is COc1cc(C=CCSC(C)=O)ccc1OCC(=O)N1CCOCC1. The third-order valence-corrected chi connectivity index (χ3v) is 4.36. The number of carbonyl (C=O) groups is 2. The Kier molecular flexibility index (Phi) is 7.81. The van der Waals surface area contributed by atoms with Gasteiger partial charge in [-0.25, -0.2) is 0 Å². The molecule has 0 spiro atoms. The van der Waals surface area contributed by atoms with E-state index in [1.807, 2.05) is 24.3 Å². The van der Waals surface area contributed by atoms with Gasteiger partial charge in [0.05, 0.1) is 20.3 Å². The number of ether oxygens (including phenoxy) is 3. The number of amides is 1. The molecule has 1 aromatic rings. The normalized spacial score (nSPS) is 14.6. The monoisotopic (exact) mass is 365 g/mol. The number of thioether (sulfide) groups is 1. The number of rotatable bonds is 7. The molecular formula is C18H23NO5S. The molecule has 7 heteroatoms. The van der Waals surface area contributed by atoms with E-state index < -0.39 is 0 Å². The Morgan fingerprint density at radius 3 is 2.72 bits per heavy atom. The van der Waals surface area contributed by atoms with Crippen LogP contribution in [-0.2, 0) is 14.3 Å². The lowest BCUT2D eigenvalue weighted by molar-refractivity contribution is -0.137. The highest BCUT2D eigenvalue weighted by molar-refractivity contribution is 8.13. The molecule has 0 bridgehead atoms. The molecule has 0 saturated carbocycles. The van der Waals surface area contributed by atoms with Crippen LogP contribution in [0, 0.1) is 0 Å². The molecule has 0 aliphatic carbocycles. The van der Waals surface area contributed by atoms with Crippen molar-refractivity contribution in [3.05, 3.63) is 29.8 Å². The van der Waals surface area contributed by atoms with Gasteiger partial charge in [0, 0.05) is 25.8 Å². The van der Waals surface area contributed by atoms with Crippen molar-refractivity contribution in [2.45, 2.75) is 6.92 Å².